The molecule has 1 aromatic carbocycles. The summed E-state index contributed by atoms with van der Waals surface area (Å²) >= 11 is 0. The number of benzene rings is 1. The Morgan fingerprint density at radius 2 is 1.75 bits per heavy atom. The fourth-order valence-electron chi connectivity index (χ4n) is 1.72. The van der Waals surface area contributed by atoms with E-state index in [9.17, 15) is 0 Å². The van der Waals surface area contributed by atoms with E-state index in [4.69, 9.17) is 5.73 Å². The summed E-state index contributed by atoms with van der Waals surface area (Å²) in [5, 5.41) is 0. The Kier molecular flexibility index (Phi) is 4.55. The number of hydrogen-bond acceptors (Lipinski definition) is 1. The summed E-state index contributed by atoms with van der Waals surface area (Å²) in [7, 11) is 0. The average molecular weight is 219 g/mol. The second-order valence-corrected chi connectivity index (χ2v) is 5.54. The van der Waals surface area contributed by atoms with Gasteiger partial charge in [0.1, 0.15) is 0 Å². The van der Waals surface area contributed by atoms with Crippen molar-refractivity contribution in [1.29, 1.82) is 0 Å². The van der Waals surface area contributed by atoms with Crippen LogP contribution in [0.3, 0.4) is 0 Å². The van der Waals surface area contributed by atoms with Crippen molar-refractivity contribution < 1.29 is 0 Å². The molecule has 0 aromatic heterocycles. The van der Waals surface area contributed by atoms with E-state index in [0.29, 0.717) is 5.92 Å². The lowest BCUT2D eigenvalue weighted by Crippen LogP contribution is -2.32. The molecule has 1 aromatic rings. The van der Waals surface area contributed by atoms with Crippen molar-refractivity contribution in [3.63, 3.8) is 0 Å². The van der Waals surface area contributed by atoms with Gasteiger partial charge < -0.3 is 5.73 Å². The highest BCUT2D eigenvalue weighted by atomic mass is 14.7. The maximum atomic E-state index is 5.98. The quantitative estimate of drug-likeness (QED) is 0.799. The number of rotatable bonds is 5. The molecule has 0 bridgehead atoms. The highest BCUT2D eigenvalue weighted by Gasteiger charge is 2.10. The van der Waals surface area contributed by atoms with Gasteiger partial charge in [0.05, 0.1) is 0 Å². The van der Waals surface area contributed by atoms with E-state index in [1.807, 2.05) is 0 Å². The summed E-state index contributed by atoms with van der Waals surface area (Å²) in [5.74, 6) is 0.667. The maximum absolute atomic E-state index is 5.98. The highest BCUT2D eigenvalue weighted by Crippen LogP contribution is 2.19. The Morgan fingerprint density at radius 1 is 1.19 bits per heavy atom. The van der Waals surface area contributed by atoms with Crippen LogP contribution < -0.4 is 5.73 Å². The summed E-state index contributed by atoms with van der Waals surface area (Å²) in [4.78, 5) is 0. The van der Waals surface area contributed by atoms with E-state index in [0.717, 1.165) is 12.8 Å². The van der Waals surface area contributed by atoms with Gasteiger partial charge in [0.2, 0.25) is 0 Å². The fourth-order valence-corrected chi connectivity index (χ4v) is 1.72. The molecular weight excluding hydrogens is 194 g/mol. The van der Waals surface area contributed by atoms with E-state index in [1.165, 1.54) is 17.5 Å². The molecule has 0 aliphatic carbocycles. The van der Waals surface area contributed by atoms with Crippen molar-refractivity contribution in [2.75, 3.05) is 0 Å². The van der Waals surface area contributed by atoms with Crippen LogP contribution in [0.25, 0.3) is 0 Å². The Labute approximate surface area is 100 Å². The summed E-state index contributed by atoms with van der Waals surface area (Å²) in [6, 6.07) is 9.00. The van der Waals surface area contributed by atoms with Crippen LogP contribution in [0.1, 0.15) is 57.6 Å². The number of aryl methyl sites for hydroxylation is 1. The Balaban J connectivity index is 2.58. The molecule has 90 valence electrons. The maximum Gasteiger partial charge on any atom is 0.0100 e. The van der Waals surface area contributed by atoms with E-state index in [1.54, 1.807) is 0 Å². The van der Waals surface area contributed by atoms with Gasteiger partial charge in [-0.2, -0.15) is 0 Å². The molecular formula is C15H25N. The predicted molar refractivity (Wildman–Crippen MR) is 71.7 cm³/mol. The number of nitrogens with two attached hydrogens (primary N) is 1. The van der Waals surface area contributed by atoms with Gasteiger partial charge in [0.15, 0.2) is 0 Å². The first kappa shape index (κ1) is 13.2. The minimum Gasteiger partial charge on any atom is -0.326 e. The van der Waals surface area contributed by atoms with Crippen molar-refractivity contribution in [3.05, 3.63) is 35.4 Å². The summed E-state index contributed by atoms with van der Waals surface area (Å²) in [5.41, 5.74) is 8.76. The lowest BCUT2D eigenvalue weighted by atomic mass is 9.94. The van der Waals surface area contributed by atoms with Gasteiger partial charge in [-0.05, 0) is 50.2 Å². The third-order valence-electron chi connectivity index (χ3n) is 3.22. The third-order valence-corrected chi connectivity index (χ3v) is 3.22. The molecule has 0 saturated heterocycles. The first-order chi connectivity index (χ1) is 7.42. The molecule has 0 radical (unpaired) electrons. The Hall–Kier alpha value is -0.820. The minimum absolute atomic E-state index is 0.0601. The van der Waals surface area contributed by atoms with Crippen LogP contribution in [0.5, 0.6) is 0 Å². The number of hydrogen-bond donors (Lipinski definition) is 1. The highest BCUT2D eigenvalue weighted by molar-refractivity contribution is 5.25. The largest absolute Gasteiger partial charge is 0.326 e. The molecule has 1 rings (SSSR count). The second-order valence-electron chi connectivity index (χ2n) is 5.54. The van der Waals surface area contributed by atoms with Gasteiger partial charge in [-0.15, -0.1) is 0 Å². The van der Waals surface area contributed by atoms with Crippen LogP contribution in [-0.2, 0) is 6.42 Å². The van der Waals surface area contributed by atoms with Crippen LogP contribution in [0.2, 0.25) is 0 Å². The van der Waals surface area contributed by atoms with Crippen molar-refractivity contribution in [2.24, 2.45) is 5.73 Å². The standard InChI is InChI=1S/C15H25N/c1-5-12(2)14-8-6-13(7-9-14)10-11-15(3,4)16/h6-9,12H,5,10-11,16H2,1-4H3. The van der Waals surface area contributed by atoms with Crippen LogP contribution in [0, 0.1) is 0 Å². The van der Waals surface area contributed by atoms with Gasteiger partial charge in [-0.25, -0.2) is 0 Å². The fraction of sp³-hybridized carbons (Fsp3) is 0.600. The van der Waals surface area contributed by atoms with Gasteiger partial charge in [0, 0.05) is 5.54 Å². The SMILES string of the molecule is CCC(C)c1ccc(CCC(C)(C)N)cc1. The lowest BCUT2D eigenvalue weighted by Gasteiger charge is -2.18. The van der Waals surface area contributed by atoms with E-state index in [-0.39, 0.29) is 5.54 Å². The molecule has 1 unspecified atom stereocenters. The summed E-state index contributed by atoms with van der Waals surface area (Å²) in [6.07, 6.45) is 3.31. The topological polar surface area (TPSA) is 26.0 Å². The van der Waals surface area contributed by atoms with Crippen LogP contribution >= 0.6 is 0 Å². The smallest absolute Gasteiger partial charge is 0.0100 e. The first-order valence-corrected chi connectivity index (χ1v) is 6.30. The molecule has 1 atom stereocenters. The van der Waals surface area contributed by atoms with E-state index < -0.39 is 0 Å². The van der Waals surface area contributed by atoms with E-state index in [2.05, 4.69) is 52.0 Å². The van der Waals surface area contributed by atoms with Crippen molar-refractivity contribution in [1.82, 2.24) is 0 Å². The van der Waals surface area contributed by atoms with Gasteiger partial charge in [-0.3, -0.25) is 0 Å². The summed E-state index contributed by atoms with van der Waals surface area (Å²) in [6.45, 7) is 8.68. The molecule has 0 aliphatic rings. The minimum atomic E-state index is -0.0601. The lowest BCUT2D eigenvalue weighted by molar-refractivity contribution is 0.477. The zero-order chi connectivity index (χ0) is 12.2. The first-order valence-electron chi connectivity index (χ1n) is 6.30. The van der Waals surface area contributed by atoms with Gasteiger partial charge >= 0.3 is 0 Å². The monoisotopic (exact) mass is 219 g/mol. The molecule has 0 aliphatic heterocycles. The van der Waals surface area contributed by atoms with Crippen LogP contribution in [-0.4, -0.2) is 5.54 Å². The predicted octanol–water partition coefficient (Wildman–Crippen LogP) is 3.87. The molecule has 0 amide bonds. The van der Waals surface area contributed by atoms with E-state index >= 15 is 0 Å². The van der Waals surface area contributed by atoms with Gasteiger partial charge in [0.25, 0.3) is 0 Å². The van der Waals surface area contributed by atoms with Crippen LogP contribution in [0.15, 0.2) is 24.3 Å². The molecule has 0 saturated carbocycles. The van der Waals surface area contributed by atoms with Crippen molar-refractivity contribution in [3.8, 4) is 0 Å². The molecule has 2 N–H and O–H groups in total. The second kappa shape index (κ2) is 5.49. The normalized spacial score (nSPS) is 13.8. The molecule has 0 heterocycles. The Bertz CT molecular complexity index is 305. The Morgan fingerprint density at radius 3 is 2.19 bits per heavy atom. The van der Waals surface area contributed by atoms with Crippen LogP contribution in [0.4, 0.5) is 0 Å². The van der Waals surface area contributed by atoms with Crippen molar-refractivity contribution in [2.45, 2.75) is 58.4 Å². The summed E-state index contributed by atoms with van der Waals surface area (Å²) < 4.78 is 0. The molecule has 1 nitrogen and oxygen atoms in total. The zero-order valence-electron chi connectivity index (χ0n) is 11.1. The molecule has 16 heavy (non-hydrogen) atoms. The average Bonchev–Trinajstić information content (AvgIpc) is 2.25. The third kappa shape index (κ3) is 4.36. The molecule has 0 fully saturated rings. The molecule has 1 heteroatoms. The molecule has 0 spiro atoms. The van der Waals surface area contributed by atoms with Crippen molar-refractivity contribution >= 4 is 0 Å². The van der Waals surface area contributed by atoms with Gasteiger partial charge in [-0.1, -0.05) is 38.1 Å². The zero-order valence-corrected chi connectivity index (χ0v) is 11.1.